The van der Waals surface area contributed by atoms with E-state index in [1.54, 1.807) is 18.2 Å². The van der Waals surface area contributed by atoms with Crippen molar-refractivity contribution >= 4 is 11.6 Å². The van der Waals surface area contributed by atoms with Crippen molar-refractivity contribution in [2.24, 2.45) is 0 Å². The zero-order valence-electron chi connectivity index (χ0n) is 19.1. The van der Waals surface area contributed by atoms with E-state index >= 15 is 0 Å². The molecule has 0 aliphatic rings. The molecule has 7 nitrogen and oxygen atoms in total. The Kier molecular flexibility index (Phi) is 6.49. The quantitative estimate of drug-likeness (QED) is 0.414. The van der Waals surface area contributed by atoms with Crippen LogP contribution in [0.3, 0.4) is 0 Å². The van der Waals surface area contributed by atoms with E-state index < -0.39 is 0 Å². The van der Waals surface area contributed by atoms with Gasteiger partial charge in [0.25, 0.3) is 5.91 Å². The minimum atomic E-state index is -0.381. The molecule has 4 rings (SSSR count). The lowest BCUT2D eigenvalue weighted by molar-refractivity contribution is 0.0945. The number of nitrogen functional groups attached to an aromatic ring is 1. The topological polar surface area (TPSA) is 103 Å². The summed E-state index contributed by atoms with van der Waals surface area (Å²) >= 11 is 0. The molecule has 0 aliphatic heterocycles. The van der Waals surface area contributed by atoms with Gasteiger partial charge in [-0.15, -0.1) is 0 Å². The number of carbonyl (C=O) groups excluding carboxylic acids is 1. The highest BCUT2D eigenvalue weighted by atomic mass is 19.1. The predicted octanol–water partition coefficient (Wildman–Crippen LogP) is 4.48. The van der Waals surface area contributed by atoms with E-state index in [1.165, 1.54) is 37.8 Å². The predicted molar refractivity (Wildman–Crippen MR) is 129 cm³/mol. The number of pyridine rings is 1. The van der Waals surface area contributed by atoms with Crippen LogP contribution in [0, 0.1) is 19.7 Å². The molecule has 3 N–H and O–H groups in total. The monoisotopic (exact) mass is 457 g/mol. The third-order valence-electron chi connectivity index (χ3n) is 5.36. The number of hydrogen-bond donors (Lipinski definition) is 2. The molecule has 0 saturated carbocycles. The highest BCUT2D eigenvalue weighted by Gasteiger charge is 2.22. The summed E-state index contributed by atoms with van der Waals surface area (Å²) in [7, 11) is 1.53. The maximum absolute atomic E-state index is 13.7. The fraction of sp³-hybridized carbons (Fsp3) is 0.154. The minimum absolute atomic E-state index is 0.119. The van der Waals surface area contributed by atoms with E-state index in [2.05, 4.69) is 20.3 Å². The van der Waals surface area contributed by atoms with Crippen LogP contribution >= 0.6 is 0 Å². The molecule has 2 aromatic heterocycles. The van der Waals surface area contributed by atoms with Gasteiger partial charge in [-0.3, -0.25) is 14.8 Å². The van der Waals surface area contributed by atoms with Crippen molar-refractivity contribution in [3.63, 3.8) is 0 Å². The first kappa shape index (κ1) is 22.8. The Morgan fingerprint density at radius 1 is 1.06 bits per heavy atom. The Labute approximate surface area is 196 Å². The van der Waals surface area contributed by atoms with Crippen LogP contribution < -0.4 is 15.8 Å². The van der Waals surface area contributed by atoms with Gasteiger partial charge in [-0.1, -0.05) is 12.1 Å². The van der Waals surface area contributed by atoms with Crippen molar-refractivity contribution in [3.05, 3.63) is 89.5 Å². The molecule has 2 aromatic carbocycles. The molecule has 172 valence electrons. The second-order valence-electron chi connectivity index (χ2n) is 7.82. The first-order valence-electron chi connectivity index (χ1n) is 10.6. The number of anilines is 1. The van der Waals surface area contributed by atoms with Gasteiger partial charge in [-0.05, 0) is 66.4 Å². The number of carbonyl (C=O) groups is 1. The highest BCUT2D eigenvalue weighted by molar-refractivity contribution is 5.94. The van der Waals surface area contributed by atoms with Gasteiger partial charge < -0.3 is 15.8 Å². The smallest absolute Gasteiger partial charge is 0.271 e. The number of methoxy groups -OCH3 is 1. The molecule has 1 amide bonds. The van der Waals surface area contributed by atoms with E-state index in [-0.39, 0.29) is 24.0 Å². The number of ether oxygens (including phenoxy) is 1. The number of aryl methyl sites for hydroxylation is 2. The number of nitrogens with one attached hydrogen (secondary N) is 1. The second kappa shape index (κ2) is 9.66. The third kappa shape index (κ3) is 4.71. The van der Waals surface area contributed by atoms with Crippen LogP contribution in [0.1, 0.15) is 27.4 Å². The molecule has 0 saturated heterocycles. The molecular weight excluding hydrogens is 433 g/mol. The zero-order valence-corrected chi connectivity index (χ0v) is 19.1. The van der Waals surface area contributed by atoms with Crippen molar-refractivity contribution in [2.45, 2.75) is 20.4 Å². The van der Waals surface area contributed by atoms with Gasteiger partial charge in [0.2, 0.25) is 0 Å². The number of nitrogens with two attached hydrogens (primary N) is 1. The van der Waals surface area contributed by atoms with Crippen molar-refractivity contribution in [2.75, 3.05) is 12.8 Å². The van der Waals surface area contributed by atoms with Crippen LogP contribution in [0.2, 0.25) is 0 Å². The van der Waals surface area contributed by atoms with Gasteiger partial charge in [0, 0.05) is 35.9 Å². The Balaban J connectivity index is 1.91. The summed E-state index contributed by atoms with van der Waals surface area (Å²) in [6, 6.07) is 11.9. The zero-order chi connectivity index (χ0) is 24.2. The number of hydrogen-bond acceptors (Lipinski definition) is 6. The van der Waals surface area contributed by atoms with Gasteiger partial charge in [-0.2, -0.15) is 0 Å². The fourth-order valence-electron chi connectivity index (χ4n) is 3.99. The number of aromatic nitrogens is 3. The molecule has 0 bridgehead atoms. The summed E-state index contributed by atoms with van der Waals surface area (Å²) in [6.07, 6.45) is 4.35. The molecule has 34 heavy (non-hydrogen) atoms. The van der Waals surface area contributed by atoms with E-state index in [9.17, 15) is 9.18 Å². The molecule has 0 spiro atoms. The van der Waals surface area contributed by atoms with Crippen LogP contribution in [-0.4, -0.2) is 28.0 Å². The first-order valence-corrected chi connectivity index (χ1v) is 10.6. The molecule has 0 fully saturated rings. The van der Waals surface area contributed by atoms with Gasteiger partial charge >= 0.3 is 0 Å². The van der Waals surface area contributed by atoms with E-state index in [1.807, 2.05) is 26.0 Å². The summed E-state index contributed by atoms with van der Waals surface area (Å²) in [6.45, 7) is 3.95. The maximum Gasteiger partial charge on any atom is 0.271 e. The maximum atomic E-state index is 13.7. The van der Waals surface area contributed by atoms with Crippen molar-refractivity contribution in [1.82, 2.24) is 20.3 Å². The SMILES string of the molecule is COc1c(N)cc(-c2ccc(F)cc2)c(-c2cc(C)nc(C)c2)c1CNC(=O)c1cnccn1. The van der Waals surface area contributed by atoms with Gasteiger partial charge in [-0.25, -0.2) is 9.37 Å². The van der Waals surface area contributed by atoms with E-state index in [4.69, 9.17) is 10.5 Å². The molecule has 0 radical (unpaired) electrons. The summed E-state index contributed by atoms with van der Waals surface area (Å²) in [5.74, 6) is -0.264. The van der Waals surface area contributed by atoms with Gasteiger partial charge in [0.05, 0.1) is 19.0 Å². The highest BCUT2D eigenvalue weighted by Crippen LogP contribution is 2.43. The molecular formula is C26H24FN5O2. The molecule has 0 unspecified atom stereocenters. The van der Waals surface area contributed by atoms with Crippen molar-refractivity contribution in [1.29, 1.82) is 0 Å². The third-order valence-corrected chi connectivity index (χ3v) is 5.36. The lowest BCUT2D eigenvalue weighted by atomic mass is 9.88. The van der Waals surface area contributed by atoms with E-state index in [0.717, 1.165) is 33.6 Å². The molecule has 8 heteroatoms. The van der Waals surface area contributed by atoms with Gasteiger partial charge in [0.15, 0.2) is 0 Å². The van der Waals surface area contributed by atoms with Gasteiger partial charge in [0.1, 0.15) is 17.3 Å². The minimum Gasteiger partial charge on any atom is -0.494 e. The largest absolute Gasteiger partial charge is 0.494 e. The Morgan fingerprint density at radius 2 is 1.76 bits per heavy atom. The summed E-state index contributed by atoms with van der Waals surface area (Å²) < 4.78 is 19.3. The standard InChI is InChI=1S/C26H24FN5O2/c1-15-10-18(11-16(2)32-15)24-20(17-4-6-19(27)7-5-17)12-22(28)25(34-3)21(24)13-31-26(33)23-14-29-8-9-30-23/h4-12,14H,13,28H2,1-3H3,(H,31,33). The van der Waals surface area contributed by atoms with E-state index in [0.29, 0.717) is 17.0 Å². The number of halogens is 1. The molecule has 4 aromatic rings. The summed E-state index contributed by atoms with van der Waals surface area (Å²) in [4.78, 5) is 25.2. The number of amides is 1. The van der Waals surface area contributed by atoms with Crippen molar-refractivity contribution < 1.29 is 13.9 Å². The molecule has 0 aliphatic carbocycles. The van der Waals surface area contributed by atoms with Crippen LogP contribution in [0.25, 0.3) is 22.3 Å². The fourth-order valence-corrected chi connectivity index (χ4v) is 3.99. The second-order valence-corrected chi connectivity index (χ2v) is 7.82. The van der Waals surface area contributed by atoms with Crippen LogP contribution in [-0.2, 0) is 6.54 Å². The van der Waals surface area contributed by atoms with Crippen LogP contribution in [0.5, 0.6) is 5.75 Å². The average molecular weight is 458 g/mol. The molecule has 0 atom stereocenters. The average Bonchev–Trinajstić information content (AvgIpc) is 2.82. The summed E-state index contributed by atoms with van der Waals surface area (Å²) in [5, 5.41) is 2.89. The number of nitrogens with zero attached hydrogens (tertiary/aromatic N) is 3. The van der Waals surface area contributed by atoms with Crippen LogP contribution in [0.4, 0.5) is 10.1 Å². The summed E-state index contributed by atoms with van der Waals surface area (Å²) in [5.41, 5.74) is 12.6. The Hall–Kier alpha value is -4.33. The van der Waals surface area contributed by atoms with Crippen LogP contribution in [0.15, 0.2) is 61.1 Å². The number of benzene rings is 2. The first-order chi connectivity index (χ1) is 16.4. The van der Waals surface area contributed by atoms with Crippen molar-refractivity contribution in [3.8, 4) is 28.0 Å². The Morgan fingerprint density at radius 3 is 2.38 bits per heavy atom. The lowest BCUT2D eigenvalue weighted by Gasteiger charge is -2.21. The normalized spacial score (nSPS) is 10.7. The number of rotatable bonds is 6. The molecule has 2 heterocycles. The Bertz CT molecular complexity index is 1320. The lowest BCUT2D eigenvalue weighted by Crippen LogP contribution is -2.24.